The van der Waals surface area contributed by atoms with E-state index in [9.17, 15) is 0 Å². The van der Waals surface area contributed by atoms with Crippen LogP contribution >= 0.6 is 11.8 Å². The molecule has 0 radical (unpaired) electrons. The van der Waals surface area contributed by atoms with Crippen molar-refractivity contribution >= 4 is 22.6 Å². The Bertz CT molecular complexity index is 990. The van der Waals surface area contributed by atoms with Crippen molar-refractivity contribution in [1.82, 2.24) is 0 Å². The number of fused-ring (bicyclic) bond motifs is 3. The molecule has 2 heterocycles. The summed E-state index contributed by atoms with van der Waals surface area (Å²) in [5, 5.41) is 1.36. The van der Waals surface area contributed by atoms with Crippen LogP contribution < -0.4 is 9.64 Å². The normalized spacial score (nSPS) is 23.0. The summed E-state index contributed by atoms with van der Waals surface area (Å²) in [4.78, 5) is 7.43. The van der Waals surface area contributed by atoms with Gasteiger partial charge in [-0.15, -0.1) is 0 Å². The summed E-state index contributed by atoms with van der Waals surface area (Å²) in [6.07, 6.45) is 0. The molecule has 3 aromatic carbocycles. The summed E-state index contributed by atoms with van der Waals surface area (Å²) in [6, 6.07) is 29.7. The van der Waals surface area contributed by atoms with Gasteiger partial charge in [0.2, 0.25) is 0 Å². The number of aliphatic imine (C=N–C) groups is 1. The number of nitrogens with zero attached hydrogens (tertiary/aromatic N) is 2. The van der Waals surface area contributed by atoms with Crippen LogP contribution in [0.25, 0.3) is 0 Å². The molecule has 3 nitrogen and oxygen atoms in total. The summed E-state index contributed by atoms with van der Waals surface area (Å²) in [7, 11) is 2.11. The lowest BCUT2D eigenvalue weighted by Crippen LogP contribution is -2.37. The highest BCUT2D eigenvalue weighted by Crippen LogP contribution is 2.52. The number of hydrogen-bond acceptors (Lipinski definition) is 4. The average molecular weight is 387 g/mol. The summed E-state index contributed by atoms with van der Waals surface area (Å²) >= 11 is 1.84. The van der Waals surface area contributed by atoms with Crippen LogP contribution in [0.1, 0.15) is 22.4 Å². The van der Waals surface area contributed by atoms with Crippen molar-refractivity contribution in [1.29, 1.82) is 0 Å². The van der Waals surface area contributed by atoms with E-state index in [0.29, 0.717) is 17.8 Å². The number of amidine groups is 1. The molecule has 0 amide bonds. The molecule has 0 fully saturated rings. The quantitative estimate of drug-likeness (QED) is 0.563. The molecule has 28 heavy (non-hydrogen) atoms. The highest BCUT2D eigenvalue weighted by molar-refractivity contribution is 8.14. The molecule has 0 saturated carbocycles. The highest BCUT2D eigenvalue weighted by atomic mass is 32.2. The molecule has 0 unspecified atom stereocenters. The van der Waals surface area contributed by atoms with Crippen LogP contribution in [0.5, 0.6) is 5.75 Å². The Balaban J connectivity index is 1.59. The molecule has 0 aromatic heterocycles. The zero-order valence-corrected chi connectivity index (χ0v) is 16.5. The van der Waals surface area contributed by atoms with Crippen LogP contribution in [0.4, 0.5) is 5.69 Å². The Morgan fingerprint density at radius 1 is 0.893 bits per heavy atom. The van der Waals surface area contributed by atoms with Crippen molar-refractivity contribution in [2.45, 2.75) is 11.3 Å². The van der Waals surface area contributed by atoms with Crippen LogP contribution in [0.3, 0.4) is 0 Å². The van der Waals surface area contributed by atoms with Gasteiger partial charge < -0.3 is 9.64 Å². The molecule has 5 rings (SSSR count). The van der Waals surface area contributed by atoms with E-state index in [1.54, 1.807) is 0 Å². The largest absolute Gasteiger partial charge is 0.493 e. The lowest BCUT2D eigenvalue weighted by atomic mass is 9.86. The number of benzene rings is 3. The first-order valence-electron chi connectivity index (χ1n) is 9.61. The van der Waals surface area contributed by atoms with E-state index in [0.717, 1.165) is 16.6 Å². The lowest BCUT2D eigenvalue weighted by Gasteiger charge is -2.41. The maximum atomic E-state index is 6.13. The van der Waals surface area contributed by atoms with Gasteiger partial charge in [-0.2, -0.15) is 0 Å². The van der Waals surface area contributed by atoms with Crippen molar-refractivity contribution in [3.63, 3.8) is 0 Å². The highest BCUT2D eigenvalue weighted by Gasteiger charge is 2.42. The number of anilines is 1. The molecule has 4 heteroatoms. The van der Waals surface area contributed by atoms with Crippen LogP contribution in [0.2, 0.25) is 0 Å². The minimum Gasteiger partial charge on any atom is -0.493 e. The maximum Gasteiger partial charge on any atom is 0.164 e. The SMILES string of the molecule is CN(C1=N[C@H]2c3ccccc3OC[C@@H]2[C@@H](c2ccccc2)S1)c1ccccc1. The number of rotatable bonds is 2. The van der Waals surface area contributed by atoms with E-state index < -0.39 is 0 Å². The van der Waals surface area contributed by atoms with Crippen LogP contribution in [-0.2, 0) is 0 Å². The number of para-hydroxylation sites is 2. The monoisotopic (exact) mass is 386 g/mol. The van der Waals surface area contributed by atoms with Gasteiger partial charge >= 0.3 is 0 Å². The van der Waals surface area contributed by atoms with Gasteiger partial charge in [0.15, 0.2) is 5.17 Å². The Morgan fingerprint density at radius 3 is 2.36 bits per heavy atom. The molecule has 2 aliphatic rings. The zero-order valence-electron chi connectivity index (χ0n) is 15.7. The van der Waals surface area contributed by atoms with E-state index in [2.05, 4.69) is 84.7 Å². The van der Waals surface area contributed by atoms with Crippen LogP contribution in [0.15, 0.2) is 89.9 Å². The predicted molar refractivity (Wildman–Crippen MR) is 117 cm³/mol. The van der Waals surface area contributed by atoms with Gasteiger partial charge in [0.1, 0.15) is 5.75 Å². The Kier molecular flexibility index (Phi) is 4.57. The van der Waals surface area contributed by atoms with Gasteiger partial charge in [0, 0.05) is 29.5 Å². The second-order valence-electron chi connectivity index (χ2n) is 7.21. The fourth-order valence-electron chi connectivity index (χ4n) is 4.02. The van der Waals surface area contributed by atoms with Gasteiger partial charge in [0.25, 0.3) is 0 Å². The minimum absolute atomic E-state index is 0.109. The Morgan fingerprint density at radius 2 is 1.57 bits per heavy atom. The second kappa shape index (κ2) is 7.36. The van der Waals surface area contributed by atoms with Crippen molar-refractivity contribution in [3.05, 3.63) is 96.1 Å². The minimum atomic E-state index is 0.109. The fourth-order valence-corrected chi connectivity index (χ4v) is 5.38. The molecule has 0 spiro atoms. The molecule has 3 atom stereocenters. The number of hydrogen-bond donors (Lipinski definition) is 0. The third-order valence-electron chi connectivity index (χ3n) is 5.50. The van der Waals surface area contributed by atoms with Gasteiger partial charge in [-0.1, -0.05) is 78.5 Å². The molecule has 2 aliphatic heterocycles. The van der Waals surface area contributed by atoms with Crippen LogP contribution in [-0.4, -0.2) is 18.8 Å². The zero-order chi connectivity index (χ0) is 18.9. The third kappa shape index (κ3) is 3.08. The molecular weight excluding hydrogens is 364 g/mol. The van der Waals surface area contributed by atoms with Gasteiger partial charge in [0.05, 0.1) is 12.6 Å². The first-order valence-corrected chi connectivity index (χ1v) is 10.5. The fraction of sp³-hybridized carbons (Fsp3) is 0.208. The van der Waals surface area contributed by atoms with E-state index in [4.69, 9.17) is 9.73 Å². The van der Waals surface area contributed by atoms with Crippen LogP contribution in [0, 0.1) is 5.92 Å². The van der Waals surface area contributed by atoms with E-state index in [1.165, 1.54) is 11.1 Å². The molecular formula is C24H22N2OS. The van der Waals surface area contributed by atoms with Crippen molar-refractivity contribution in [2.24, 2.45) is 10.9 Å². The van der Waals surface area contributed by atoms with Gasteiger partial charge in [-0.3, -0.25) is 4.99 Å². The summed E-state index contributed by atoms with van der Waals surface area (Å²) in [5.74, 6) is 1.28. The number of ether oxygens (including phenoxy) is 1. The first kappa shape index (κ1) is 17.4. The molecule has 0 N–H and O–H groups in total. The summed E-state index contributed by atoms with van der Waals surface area (Å²) in [5.41, 5.74) is 3.68. The van der Waals surface area contributed by atoms with Crippen molar-refractivity contribution < 1.29 is 4.74 Å². The lowest BCUT2D eigenvalue weighted by molar-refractivity contribution is 0.191. The molecule has 0 saturated heterocycles. The smallest absolute Gasteiger partial charge is 0.164 e. The molecule has 140 valence electrons. The second-order valence-corrected chi connectivity index (χ2v) is 8.32. The van der Waals surface area contributed by atoms with E-state index >= 15 is 0 Å². The van der Waals surface area contributed by atoms with Crippen molar-refractivity contribution in [3.8, 4) is 5.75 Å². The Hall–Kier alpha value is -2.72. The van der Waals surface area contributed by atoms with Gasteiger partial charge in [-0.05, 0) is 23.8 Å². The number of thioether (sulfide) groups is 1. The standard InChI is InChI=1S/C24H22N2OS/c1-26(18-12-6-3-7-13-18)24-25-22-19-14-8-9-15-21(19)27-16-20(22)23(28-24)17-10-4-2-5-11-17/h2-15,20,22-23H,16H2,1H3/t20-,22-,23+/m0/s1. The first-order chi connectivity index (χ1) is 13.8. The third-order valence-corrected chi connectivity index (χ3v) is 6.97. The molecule has 0 aliphatic carbocycles. The van der Waals surface area contributed by atoms with E-state index in [-0.39, 0.29) is 6.04 Å². The topological polar surface area (TPSA) is 24.8 Å². The van der Waals surface area contributed by atoms with Gasteiger partial charge in [-0.25, -0.2) is 0 Å². The average Bonchev–Trinajstić information content (AvgIpc) is 2.79. The Labute approximate surface area is 170 Å². The molecule has 0 bridgehead atoms. The maximum absolute atomic E-state index is 6.13. The molecule has 3 aromatic rings. The predicted octanol–water partition coefficient (Wildman–Crippen LogP) is 5.72. The summed E-state index contributed by atoms with van der Waals surface area (Å²) in [6.45, 7) is 0.695. The summed E-state index contributed by atoms with van der Waals surface area (Å²) < 4.78 is 6.13. The van der Waals surface area contributed by atoms with E-state index in [1.807, 2.05) is 23.9 Å². The van der Waals surface area contributed by atoms with Crippen molar-refractivity contribution in [2.75, 3.05) is 18.6 Å².